The van der Waals surface area contributed by atoms with Gasteiger partial charge >= 0.3 is 6.18 Å². The molecule has 156 valence electrons. The summed E-state index contributed by atoms with van der Waals surface area (Å²) in [4.78, 5) is 14.6. The van der Waals surface area contributed by atoms with Gasteiger partial charge in [0.25, 0.3) is 5.91 Å². The van der Waals surface area contributed by atoms with Crippen molar-refractivity contribution in [2.24, 2.45) is 0 Å². The predicted molar refractivity (Wildman–Crippen MR) is 111 cm³/mol. The smallest absolute Gasteiger partial charge is 0.338 e. The molecule has 29 heavy (non-hydrogen) atoms. The molecule has 2 aromatic carbocycles. The molecule has 0 aromatic heterocycles. The van der Waals surface area contributed by atoms with Gasteiger partial charge < -0.3 is 10.2 Å². The van der Waals surface area contributed by atoms with Crippen molar-refractivity contribution in [1.29, 1.82) is 0 Å². The molecule has 1 saturated heterocycles. The Kier molecular flexibility index (Phi) is 6.61. The summed E-state index contributed by atoms with van der Waals surface area (Å²) in [6.45, 7) is 3.33. The van der Waals surface area contributed by atoms with E-state index in [1.54, 1.807) is 11.9 Å². The van der Waals surface area contributed by atoms with Gasteiger partial charge in [0.05, 0.1) is 5.56 Å². The molecule has 1 aliphatic heterocycles. The Morgan fingerprint density at radius 1 is 1.24 bits per heavy atom. The van der Waals surface area contributed by atoms with E-state index in [0.29, 0.717) is 18.0 Å². The van der Waals surface area contributed by atoms with Crippen molar-refractivity contribution >= 4 is 33.4 Å². The van der Waals surface area contributed by atoms with Gasteiger partial charge in [-0.2, -0.15) is 13.2 Å². The minimum Gasteiger partial charge on any atom is -0.338 e. The molecule has 1 heterocycles. The first-order valence-electron chi connectivity index (χ1n) is 9.19. The summed E-state index contributed by atoms with van der Waals surface area (Å²) in [5.74, 6) is -0.415. The topological polar surface area (TPSA) is 32.3 Å². The number of hydrogen-bond donors (Lipinski definition) is 1. The van der Waals surface area contributed by atoms with Gasteiger partial charge in [0.15, 0.2) is 0 Å². The number of carbonyl (C=O) groups excluding carboxylic acids is 1. The lowest BCUT2D eigenvalue weighted by molar-refractivity contribution is -0.137. The maximum atomic E-state index is 13.2. The number of piperidine rings is 1. The van der Waals surface area contributed by atoms with Crippen molar-refractivity contribution in [3.05, 3.63) is 68.1 Å². The molecule has 0 spiro atoms. The summed E-state index contributed by atoms with van der Waals surface area (Å²) >= 11 is 9.23. The number of likely N-dealkylation sites (N-methyl/N-ethyl adjacent to an activating group) is 1. The Morgan fingerprint density at radius 3 is 2.62 bits per heavy atom. The van der Waals surface area contributed by atoms with E-state index < -0.39 is 17.6 Å². The number of halogens is 5. The third-order valence-electron chi connectivity index (χ3n) is 5.35. The van der Waals surface area contributed by atoms with Crippen LogP contribution in [-0.4, -0.2) is 37.0 Å². The fourth-order valence-electron chi connectivity index (χ4n) is 3.78. The monoisotopic (exact) mass is 488 g/mol. The molecule has 1 N–H and O–H groups in total. The van der Waals surface area contributed by atoms with Crippen LogP contribution in [0.1, 0.15) is 39.4 Å². The van der Waals surface area contributed by atoms with Gasteiger partial charge in [-0.25, -0.2) is 0 Å². The predicted octanol–water partition coefficient (Wildman–Crippen LogP) is 5.65. The van der Waals surface area contributed by atoms with Gasteiger partial charge in [0.2, 0.25) is 0 Å². The van der Waals surface area contributed by atoms with Crippen molar-refractivity contribution < 1.29 is 18.0 Å². The van der Waals surface area contributed by atoms with Crippen LogP contribution in [0.4, 0.5) is 13.2 Å². The Hall–Kier alpha value is -1.57. The molecule has 0 radical (unpaired) electrons. The molecule has 0 bridgehead atoms. The minimum atomic E-state index is -4.52. The zero-order valence-electron chi connectivity index (χ0n) is 16.0. The van der Waals surface area contributed by atoms with E-state index in [2.05, 4.69) is 21.2 Å². The molecule has 2 aromatic rings. The Labute approximate surface area is 181 Å². The molecule has 1 amide bonds. The van der Waals surface area contributed by atoms with E-state index in [-0.39, 0.29) is 22.0 Å². The second-order valence-electron chi connectivity index (χ2n) is 7.32. The standard InChI is InChI=1S/C21H21BrClF3N2O/c1-12-7-13(3-4-18(12)23)17-11-27-6-5-19(17)28(2)20(29)14-8-15(21(24,25)26)10-16(22)9-14/h3-4,7-10,17,19,27H,5-6,11H2,1-2H3. The third-order valence-corrected chi connectivity index (χ3v) is 6.23. The molecule has 1 fully saturated rings. The molecule has 2 unspecified atom stereocenters. The normalized spacial score (nSPS) is 19.8. The molecule has 0 saturated carbocycles. The Balaban J connectivity index is 1.91. The second-order valence-corrected chi connectivity index (χ2v) is 8.64. The van der Waals surface area contributed by atoms with Crippen LogP contribution in [0, 0.1) is 6.92 Å². The summed E-state index contributed by atoms with van der Waals surface area (Å²) in [6.07, 6.45) is -3.82. The average Bonchev–Trinajstić information content (AvgIpc) is 2.68. The highest BCUT2D eigenvalue weighted by Crippen LogP contribution is 2.34. The van der Waals surface area contributed by atoms with Crippen LogP contribution in [0.5, 0.6) is 0 Å². The largest absolute Gasteiger partial charge is 0.416 e. The van der Waals surface area contributed by atoms with Crippen molar-refractivity contribution in [3.63, 3.8) is 0 Å². The van der Waals surface area contributed by atoms with Crippen LogP contribution in [0.15, 0.2) is 40.9 Å². The summed E-state index contributed by atoms with van der Waals surface area (Å²) in [6, 6.07) is 8.95. The zero-order chi connectivity index (χ0) is 21.3. The Bertz CT molecular complexity index is 919. The van der Waals surface area contributed by atoms with Gasteiger partial charge in [-0.05, 0) is 55.3 Å². The molecule has 1 aliphatic rings. The highest BCUT2D eigenvalue weighted by Gasteiger charge is 2.35. The van der Waals surface area contributed by atoms with Crippen LogP contribution in [0.3, 0.4) is 0 Å². The van der Waals surface area contributed by atoms with E-state index in [4.69, 9.17) is 11.6 Å². The second kappa shape index (κ2) is 8.66. The SMILES string of the molecule is Cc1cc(C2CNCCC2N(C)C(=O)c2cc(Br)cc(C(F)(F)F)c2)ccc1Cl. The van der Waals surface area contributed by atoms with E-state index >= 15 is 0 Å². The van der Waals surface area contributed by atoms with Crippen LogP contribution >= 0.6 is 27.5 Å². The van der Waals surface area contributed by atoms with Crippen molar-refractivity contribution in [1.82, 2.24) is 10.2 Å². The summed E-state index contributed by atoms with van der Waals surface area (Å²) in [5, 5.41) is 4.02. The molecule has 0 aliphatic carbocycles. The lowest BCUT2D eigenvalue weighted by Crippen LogP contribution is -2.49. The van der Waals surface area contributed by atoms with E-state index in [0.717, 1.165) is 29.8 Å². The fraction of sp³-hybridized carbons (Fsp3) is 0.381. The first-order chi connectivity index (χ1) is 13.6. The number of aryl methyl sites for hydroxylation is 1. The summed E-state index contributed by atoms with van der Waals surface area (Å²) in [7, 11) is 1.66. The van der Waals surface area contributed by atoms with Gasteiger partial charge in [-0.15, -0.1) is 0 Å². The fourth-order valence-corrected chi connectivity index (χ4v) is 4.39. The van der Waals surface area contributed by atoms with E-state index in [1.165, 1.54) is 6.07 Å². The molecule has 8 heteroatoms. The maximum Gasteiger partial charge on any atom is 0.416 e. The van der Waals surface area contributed by atoms with Crippen molar-refractivity contribution in [2.75, 3.05) is 20.1 Å². The van der Waals surface area contributed by atoms with Crippen LogP contribution in [0.2, 0.25) is 5.02 Å². The van der Waals surface area contributed by atoms with Gasteiger partial charge in [0.1, 0.15) is 0 Å². The first kappa shape index (κ1) is 22.1. The zero-order valence-corrected chi connectivity index (χ0v) is 18.3. The van der Waals surface area contributed by atoms with E-state index in [9.17, 15) is 18.0 Å². The van der Waals surface area contributed by atoms with E-state index in [1.807, 2.05) is 25.1 Å². The van der Waals surface area contributed by atoms with Crippen molar-refractivity contribution in [3.8, 4) is 0 Å². The highest BCUT2D eigenvalue weighted by atomic mass is 79.9. The average molecular weight is 490 g/mol. The van der Waals surface area contributed by atoms with Gasteiger partial charge in [-0.3, -0.25) is 4.79 Å². The number of amides is 1. The lowest BCUT2D eigenvalue weighted by Gasteiger charge is -2.39. The number of nitrogens with zero attached hydrogens (tertiary/aromatic N) is 1. The third kappa shape index (κ3) is 4.95. The van der Waals surface area contributed by atoms with Gasteiger partial charge in [0, 0.05) is 40.6 Å². The van der Waals surface area contributed by atoms with Crippen LogP contribution in [-0.2, 0) is 6.18 Å². The number of carbonyl (C=O) groups is 1. The molecule has 3 nitrogen and oxygen atoms in total. The molecule has 2 atom stereocenters. The maximum absolute atomic E-state index is 13.2. The quantitative estimate of drug-likeness (QED) is 0.604. The summed E-state index contributed by atoms with van der Waals surface area (Å²) in [5.41, 5.74) is 1.16. The number of alkyl halides is 3. The minimum absolute atomic E-state index is 0.0127. The number of nitrogens with one attached hydrogen (secondary N) is 1. The first-order valence-corrected chi connectivity index (χ1v) is 10.4. The van der Waals surface area contributed by atoms with Crippen LogP contribution in [0.25, 0.3) is 0 Å². The van der Waals surface area contributed by atoms with Gasteiger partial charge in [-0.1, -0.05) is 39.7 Å². The number of hydrogen-bond acceptors (Lipinski definition) is 2. The molecule has 3 rings (SSSR count). The van der Waals surface area contributed by atoms with Crippen molar-refractivity contribution in [2.45, 2.75) is 31.5 Å². The Morgan fingerprint density at radius 2 is 1.97 bits per heavy atom. The highest BCUT2D eigenvalue weighted by molar-refractivity contribution is 9.10. The number of rotatable bonds is 3. The lowest BCUT2D eigenvalue weighted by atomic mass is 9.85. The molecular formula is C21H21BrClF3N2O. The number of benzene rings is 2. The summed E-state index contributed by atoms with van der Waals surface area (Å²) < 4.78 is 39.7. The van der Waals surface area contributed by atoms with Crippen LogP contribution < -0.4 is 5.32 Å². The molecular weight excluding hydrogens is 469 g/mol.